The number of benzene rings is 1. The Morgan fingerprint density at radius 1 is 1.35 bits per heavy atom. The molecule has 1 aliphatic carbocycles. The molecule has 2 atom stereocenters. The lowest BCUT2D eigenvalue weighted by molar-refractivity contribution is 0.364. The van der Waals surface area contributed by atoms with Crippen LogP contribution in [0.1, 0.15) is 24.7 Å². The first-order valence-electron chi connectivity index (χ1n) is 6.99. The van der Waals surface area contributed by atoms with Gasteiger partial charge in [0.2, 0.25) is 11.7 Å². The van der Waals surface area contributed by atoms with Crippen molar-refractivity contribution in [3.8, 4) is 17.1 Å². The average Bonchev–Trinajstić information content (AvgIpc) is 2.86. The van der Waals surface area contributed by atoms with E-state index in [0.29, 0.717) is 17.2 Å². The predicted molar refractivity (Wildman–Crippen MR) is 73.6 cm³/mol. The Hall–Kier alpha value is -1.88. The zero-order chi connectivity index (χ0) is 13.6. The lowest BCUT2D eigenvalue weighted by atomic mass is 10.0. The molecule has 20 heavy (non-hydrogen) atoms. The fourth-order valence-corrected chi connectivity index (χ4v) is 3.17. The fourth-order valence-electron chi connectivity index (χ4n) is 3.17. The second-order valence-corrected chi connectivity index (χ2v) is 5.73. The number of nitrogens with one attached hydrogen (secondary N) is 1. The van der Waals surface area contributed by atoms with Crippen molar-refractivity contribution in [2.45, 2.75) is 18.8 Å². The van der Waals surface area contributed by atoms with Crippen LogP contribution in [0.4, 0.5) is 0 Å². The first-order chi connectivity index (χ1) is 9.81. The van der Waals surface area contributed by atoms with Crippen molar-refractivity contribution in [1.29, 1.82) is 0 Å². The van der Waals surface area contributed by atoms with Gasteiger partial charge in [-0.3, -0.25) is 0 Å². The van der Waals surface area contributed by atoms with E-state index in [-0.39, 0.29) is 0 Å². The third kappa shape index (κ3) is 1.81. The summed E-state index contributed by atoms with van der Waals surface area (Å²) in [5, 5.41) is 7.53. The molecule has 0 amide bonds. The smallest absolute Gasteiger partial charge is 0.230 e. The Balaban J connectivity index is 1.56. The highest BCUT2D eigenvalue weighted by Gasteiger charge is 2.58. The minimum absolute atomic E-state index is 0.393. The van der Waals surface area contributed by atoms with Crippen molar-refractivity contribution in [3.63, 3.8) is 0 Å². The normalized spacial score (nSPS) is 27.9. The monoisotopic (exact) mass is 271 g/mol. The van der Waals surface area contributed by atoms with Gasteiger partial charge in [-0.1, -0.05) is 5.16 Å². The van der Waals surface area contributed by atoms with E-state index in [1.54, 1.807) is 7.11 Å². The molecule has 1 N–H and O–H groups in total. The van der Waals surface area contributed by atoms with Crippen LogP contribution in [0.5, 0.6) is 5.75 Å². The Bertz CT molecular complexity index is 614. The molecule has 2 fully saturated rings. The molecule has 2 aromatic rings. The number of hydrogen-bond acceptors (Lipinski definition) is 5. The van der Waals surface area contributed by atoms with E-state index in [2.05, 4.69) is 15.5 Å². The third-order valence-electron chi connectivity index (χ3n) is 4.55. The molecule has 2 aliphatic rings. The zero-order valence-electron chi connectivity index (χ0n) is 11.4. The van der Waals surface area contributed by atoms with Gasteiger partial charge in [0.1, 0.15) is 5.75 Å². The minimum Gasteiger partial charge on any atom is -0.497 e. The molecular formula is C15H17N3O2. The highest BCUT2D eigenvalue weighted by Crippen LogP contribution is 2.62. The Morgan fingerprint density at radius 3 is 2.90 bits per heavy atom. The van der Waals surface area contributed by atoms with Gasteiger partial charge in [-0.2, -0.15) is 4.98 Å². The van der Waals surface area contributed by atoms with Crippen LogP contribution >= 0.6 is 0 Å². The van der Waals surface area contributed by atoms with Crippen LogP contribution in [0.25, 0.3) is 11.4 Å². The summed E-state index contributed by atoms with van der Waals surface area (Å²) in [6, 6.07) is 7.72. The topological polar surface area (TPSA) is 60.2 Å². The van der Waals surface area contributed by atoms with Crippen molar-refractivity contribution in [3.05, 3.63) is 30.2 Å². The first-order valence-corrected chi connectivity index (χ1v) is 6.99. The van der Waals surface area contributed by atoms with Crippen molar-refractivity contribution in [2.24, 2.45) is 5.41 Å². The van der Waals surface area contributed by atoms with E-state index in [9.17, 15) is 0 Å². The summed E-state index contributed by atoms with van der Waals surface area (Å²) in [6.45, 7) is 2.19. The van der Waals surface area contributed by atoms with E-state index in [0.717, 1.165) is 30.3 Å². The van der Waals surface area contributed by atoms with Crippen LogP contribution in [0.15, 0.2) is 28.8 Å². The molecule has 1 aliphatic heterocycles. The molecule has 1 saturated carbocycles. The van der Waals surface area contributed by atoms with Gasteiger partial charge in [0, 0.05) is 18.0 Å². The van der Waals surface area contributed by atoms with E-state index in [1.165, 1.54) is 12.8 Å². The molecule has 5 nitrogen and oxygen atoms in total. The quantitative estimate of drug-likeness (QED) is 0.927. The fraction of sp³-hybridized carbons (Fsp3) is 0.467. The van der Waals surface area contributed by atoms with E-state index in [1.807, 2.05) is 24.3 Å². The highest BCUT2D eigenvalue weighted by molar-refractivity contribution is 5.55. The summed E-state index contributed by atoms with van der Waals surface area (Å²) in [5.41, 5.74) is 1.35. The number of aromatic nitrogens is 2. The summed E-state index contributed by atoms with van der Waals surface area (Å²) in [6.07, 6.45) is 2.39. The van der Waals surface area contributed by atoms with Crippen LogP contribution in [-0.4, -0.2) is 30.3 Å². The zero-order valence-corrected chi connectivity index (χ0v) is 11.4. The summed E-state index contributed by atoms with van der Waals surface area (Å²) in [4.78, 5) is 4.57. The van der Waals surface area contributed by atoms with Crippen molar-refractivity contribution in [2.75, 3.05) is 20.2 Å². The van der Waals surface area contributed by atoms with Crippen LogP contribution in [0.2, 0.25) is 0 Å². The van der Waals surface area contributed by atoms with Gasteiger partial charge in [-0.25, -0.2) is 0 Å². The van der Waals surface area contributed by atoms with Gasteiger partial charge in [-0.05, 0) is 49.1 Å². The molecule has 1 saturated heterocycles. The largest absolute Gasteiger partial charge is 0.497 e. The highest BCUT2D eigenvalue weighted by atomic mass is 16.5. The Morgan fingerprint density at radius 2 is 2.20 bits per heavy atom. The number of methoxy groups -OCH3 is 1. The van der Waals surface area contributed by atoms with Crippen LogP contribution in [0.3, 0.4) is 0 Å². The molecule has 2 heterocycles. The second-order valence-electron chi connectivity index (χ2n) is 5.73. The standard InChI is InChI=1S/C15H17N3O2/c1-19-11-4-2-10(3-5-11)13-17-14(20-18-13)12-8-15(12)6-7-16-9-15/h2-5,12,16H,6-9H2,1H3. The summed E-state index contributed by atoms with van der Waals surface area (Å²) in [7, 11) is 1.66. The van der Waals surface area contributed by atoms with Crippen LogP contribution in [-0.2, 0) is 0 Å². The molecule has 4 rings (SSSR count). The maximum absolute atomic E-state index is 5.47. The van der Waals surface area contributed by atoms with Crippen LogP contribution < -0.4 is 10.1 Å². The molecule has 1 spiro atoms. The molecule has 1 aromatic carbocycles. The predicted octanol–water partition coefficient (Wildman–Crippen LogP) is 2.21. The summed E-state index contributed by atoms with van der Waals surface area (Å²) < 4.78 is 10.6. The van der Waals surface area contributed by atoms with Gasteiger partial charge < -0.3 is 14.6 Å². The molecule has 2 unspecified atom stereocenters. The molecule has 0 radical (unpaired) electrons. The van der Waals surface area contributed by atoms with Crippen molar-refractivity contribution in [1.82, 2.24) is 15.5 Å². The van der Waals surface area contributed by atoms with Gasteiger partial charge in [0.25, 0.3) is 0 Å². The van der Waals surface area contributed by atoms with Crippen molar-refractivity contribution >= 4 is 0 Å². The maximum Gasteiger partial charge on any atom is 0.230 e. The average molecular weight is 271 g/mol. The van der Waals surface area contributed by atoms with E-state index < -0.39 is 0 Å². The summed E-state index contributed by atoms with van der Waals surface area (Å²) >= 11 is 0. The first kappa shape index (κ1) is 11.9. The number of nitrogens with zero attached hydrogens (tertiary/aromatic N) is 2. The minimum atomic E-state index is 0.393. The lowest BCUT2D eigenvalue weighted by Gasteiger charge is -2.02. The number of hydrogen-bond donors (Lipinski definition) is 1. The molecular weight excluding hydrogens is 254 g/mol. The van der Waals surface area contributed by atoms with Crippen LogP contribution in [0, 0.1) is 5.41 Å². The molecule has 5 heteroatoms. The van der Waals surface area contributed by atoms with E-state index >= 15 is 0 Å². The summed E-state index contributed by atoms with van der Waals surface area (Å²) in [5.74, 6) is 2.72. The van der Waals surface area contributed by atoms with Gasteiger partial charge in [0.05, 0.1) is 7.11 Å². The number of rotatable bonds is 3. The lowest BCUT2D eigenvalue weighted by Crippen LogP contribution is -2.10. The SMILES string of the molecule is COc1ccc(-c2noc(C3CC34CCNC4)n2)cc1. The molecule has 1 aromatic heterocycles. The van der Waals surface area contributed by atoms with Gasteiger partial charge in [0.15, 0.2) is 0 Å². The van der Waals surface area contributed by atoms with Crippen molar-refractivity contribution < 1.29 is 9.26 Å². The number of ether oxygens (including phenoxy) is 1. The van der Waals surface area contributed by atoms with Gasteiger partial charge in [-0.15, -0.1) is 0 Å². The Labute approximate surface area is 117 Å². The Kier molecular flexibility index (Phi) is 2.57. The molecule has 104 valence electrons. The van der Waals surface area contributed by atoms with Gasteiger partial charge >= 0.3 is 0 Å². The third-order valence-corrected chi connectivity index (χ3v) is 4.55. The van der Waals surface area contributed by atoms with E-state index in [4.69, 9.17) is 9.26 Å². The maximum atomic E-state index is 5.47. The second kappa shape index (κ2) is 4.31. The molecule has 0 bridgehead atoms.